The minimum atomic E-state index is -5.10. The number of likely N-dealkylation sites (tertiary alicyclic amines) is 1. The Hall–Kier alpha value is -3.42. The highest BCUT2D eigenvalue weighted by Crippen LogP contribution is 2.22. The molecule has 0 radical (unpaired) electrons. The lowest BCUT2D eigenvalue weighted by molar-refractivity contribution is -0.384. The largest absolute Gasteiger partial charge is 0.492 e. The van der Waals surface area contributed by atoms with E-state index in [2.05, 4.69) is 10.2 Å². The van der Waals surface area contributed by atoms with E-state index in [1.54, 1.807) is 0 Å². The number of halogens is 3. The van der Waals surface area contributed by atoms with Crippen LogP contribution in [0.15, 0.2) is 24.3 Å². The van der Waals surface area contributed by atoms with Crippen LogP contribution in [-0.2, 0) is 25.8 Å². The van der Waals surface area contributed by atoms with Crippen molar-refractivity contribution in [3.05, 3.63) is 39.9 Å². The van der Waals surface area contributed by atoms with Crippen LogP contribution in [0.4, 0.5) is 23.7 Å². The molecule has 0 spiro atoms. The van der Waals surface area contributed by atoms with Gasteiger partial charge < -0.3 is 14.9 Å². The normalized spacial score (nSPS) is 19.2. The Kier molecular flexibility index (Phi) is 6.81. The highest BCUT2D eigenvalue weighted by Gasteiger charge is 2.45. The molecule has 0 bridgehead atoms. The maximum Gasteiger partial charge on any atom is 0.492 e. The molecule has 2 aliphatic heterocycles. The Bertz CT molecular complexity index is 888. The Morgan fingerprint density at radius 1 is 1.19 bits per heavy atom. The molecule has 2 amide bonds. The van der Waals surface area contributed by atoms with Crippen molar-refractivity contribution < 1.29 is 42.1 Å². The smallest absolute Gasteiger partial charge is 0.445 e. The third-order valence-corrected chi connectivity index (χ3v) is 4.94. The summed E-state index contributed by atoms with van der Waals surface area (Å²) in [5.41, 5.74) is 0.436. The van der Waals surface area contributed by atoms with Crippen molar-refractivity contribution in [3.63, 3.8) is 0 Å². The molecular weight excluding hydrogens is 441 g/mol. The number of carbonyl (C=O) groups excluding carboxylic acids is 3. The number of nitrogens with zero attached hydrogens (tertiary/aromatic N) is 3. The molecule has 0 aliphatic carbocycles. The Balaban J connectivity index is 1.44. The fourth-order valence-electron chi connectivity index (χ4n) is 3.27. The average Bonchev–Trinajstić information content (AvgIpc) is 3.20. The fraction of sp³-hybridized carbons (Fsp3) is 0.500. The molecule has 2 aliphatic rings. The van der Waals surface area contributed by atoms with Crippen molar-refractivity contribution in [2.24, 2.45) is 0 Å². The van der Waals surface area contributed by atoms with Crippen LogP contribution in [0.3, 0.4) is 0 Å². The molecule has 1 aromatic carbocycles. The molecule has 2 saturated heterocycles. The van der Waals surface area contributed by atoms with Crippen LogP contribution < -0.4 is 5.32 Å². The van der Waals surface area contributed by atoms with E-state index >= 15 is 0 Å². The molecule has 2 fully saturated rings. The summed E-state index contributed by atoms with van der Waals surface area (Å²) in [6, 6.07) is 4.14. The number of amides is 2. The molecule has 0 aromatic heterocycles. The summed E-state index contributed by atoms with van der Waals surface area (Å²) in [7, 11) is 0. The van der Waals surface area contributed by atoms with Gasteiger partial charge in [-0.1, -0.05) is 0 Å². The number of benzene rings is 1. The predicted molar refractivity (Wildman–Crippen MR) is 98.7 cm³/mol. The zero-order chi connectivity index (χ0) is 23.5. The average molecular weight is 460 g/mol. The summed E-state index contributed by atoms with van der Waals surface area (Å²) in [6.07, 6.45) is -4.88. The lowest BCUT2D eigenvalue weighted by Gasteiger charge is -2.38. The first-order valence-electron chi connectivity index (χ1n) is 9.56. The number of hydrogen-bond donors (Lipinski definition) is 1. The molecule has 1 aromatic rings. The Morgan fingerprint density at radius 2 is 1.84 bits per heavy atom. The van der Waals surface area contributed by atoms with Crippen molar-refractivity contribution in [1.29, 1.82) is 0 Å². The lowest BCUT2D eigenvalue weighted by Crippen LogP contribution is -2.62. The first-order chi connectivity index (χ1) is 15.0. The second-order valence-electron chi connectivity index (χ2n) is 7.26. The summed E-state index contributed by atoms with van der Waals surface area (Å²) in [5, 5.41) is 14.1. The van der Waals surface area contributed by atoms with Gasteiger partial charge in [0.1, 0.15) is 12.6 Å². The summed E-state index contributed by atoms with van der Waals surface area (Å²) < 4.78 is 41.7. The van der Waals surface area contributed by atoms with Gasteiger partial charge in [0.15, 0.2) is 0 Å². The van der Waals surface area contributed by atoms with Crippen molar-refractivity contribution >= 4 is 23.7 Å². The van der Waals surface area contributed by atoms with E-state index in [0.29, 0.717) is 18.4 Å². The Labute approximate surface area is 179 Å². The molecular formula is C18H19F3N4O7. The van der Waals surface area contributed by atoms with Gasteiger partial charge in [0, 0.05) is 18.7 Å². The minimum absolute atomic E-state index is 0.0981. The van der Waals surface area contributed by atoms with Gasteiger partial charge in [-0.2, -0.15) is 13.2 Å². The number of nitrogens with one attached hydrogen (secondary N) is 1. The van der Waals surface area contributed by atoms with E-state index in [9.17, 15) is 37.7 Å². The van der Waals surface area contributed by atoms with Gasteiger partial charge in [-0.25, -0.2) is 9.59 Å². The number of nitro groups is 1. The van der Waals surface area contributed by atoms with E-state index in [1.165, 1.54) is 29.2 Å². The van der Waals surface area contributed by atoms with E-state index in [4.69, 9.17) is 4.74 Å². The number of ether oxygens (including phenoxy) is 1. The van der Waals surface area contributed by atoms with Crippen molar-refractivity contribution in [3.8, 4) is 0 Å². The molecule has 32 heavy (non-hydrogen) atoms. The standard InChI is InChI=1S/C18H19F3N4O7/c19-18(20,21)16(27)32-23-8-12(9-23)22-15(26)14-2-1-7-24(14)17(28)31-10-11-3-5-13(6-4-11)25(29)30/h3-6,12,14H,1-2,7-10H2,(H,22,26)/t14-/m0/s1. The maximum absolute atomic E-state index is 12.5. The fourth-order valence-corrected chi connectivity index (χ4v) is 3.27. The van der Waals surface area contributed by atoms with E-state index in [0.717, 1.165) is 5.06 Å². The number of alkyl halides is 3. The quantitative estimate of drug-likeness (QED) is 0.499. The number of carbonyl (C=O) groups is 3. The van der Waals surface area contributed by atoms with Crippen LogP contribution in [-0.4, -0.2) is 70.8 Å². The summed E-state index contributed by atoms with van der Waals surface area (Å²) in [6.45, 7) is -0.0588. The van der Waals surface area contributed by atoms with Crippen LogP contribution >= 0.6 is 0 Å². The molecule has 1 atom stereocenters. The maximum atomic E-state index is 12.5. The molecule has 0 saturated carbocycles. The highest BCUT2D eigenvalue weighted by atomic mass is 19.4. The third-order valence-electron chi connectivity index (χ3n) is 4.94. The number of hydrogen-bond acceptors (Lipinski definition) is 8. The zero-order valence-corrected chi connectivity index (χ0v) is 16.5. The molecule has 11 nitrogen and oxygen atoms in total. The van der Waals surface area contributed by atoms with Gasteiger partial charge in [-0.15, -0.1) is 5.06 Å². The van der Waals surface area contributed by atoms with Crippen LogP contribution in [0.5, 0.6) is 0 Å². The van der Waals surface area contributed by atoms with Crippen LogP contribution in [0.25, 0.3) is 0 Å². The molecule has 3 rings (SSSR count). The van der Waals surface area contributed by atoms with Crippen molar-refractivity contribution in [1.82, 2.24) is 15.3 Å². The van der Waals surface area contributed by atoms with E-state index in [-0.39, 0.29) is 31.9 Å². The first-order valence-corrected chi connectivity index (χ1v) is 9.56. The monoisotopic (exact) mass is 460 g/mol. The van der Waals surface area contributed by atoms with Crippen LogP contribution in [0, 0.1) is 10.1 Å². The Morgan fingerprint density at radius 3 is 2.44 bits per heavy atom. The summed E-state index contributed by atoms with van der Waals surface area (Å²) in [4.78, 5) is 51.2. The second-order valence-corrected chi connectivity index (χ2v) is 7.26. The highest BCUT2D eigenvalue weighted by molar-refractivity contribution is 5.86. The second kappa shape index (κ2) is 9.38. The van der Waals surface area contributed by atoms with Gasteiger partial charge in [-0.05, 0) is 30.5 Å². The third kappa shape index (κ3) is 5.63. The number of non-ortho nitro benzene ring substituents is 1. The van der Waals surface area contributed by atoms with Gasteiger partial charge >= 0.3 is 18.2 Å². The molecule has 0 unspecified atom stereocenters. The van der Waals surface area contributed by atoms with Crippen molar-refractivity contribution in [2.45, 2.75) is 37.7 Å². The number of hydroxylamine groups is 2. The number of nitro benzene ring substituents is 1. The first kappa shape index (κ1) is 23.2. The van der Waals surface area contributed by atoms with Crippen LogP contribution in [0.1, 0.15) is 18.4 Å². The van der Waals surface area contributed by atoms with Gasteiger partial charge in [0.2, 0.25) is 5.91 Å². The summed E-state index contributed by atoms with van der Waals surface area (Å²) in [5.74, 6) is -2.82. The topological polar surface area (TPSA) is 131 Å². The molecule has 14 heteroatoms. The molecule has 1 N–H and O–H groups in total. The van der Waals surface area contributed by atoms with Gasteiger partial charge in [0.05, 0.1) is 24.1 Å². The SMILES string of the molecule is O=C(NC1CN(OC(=O)C(F)(F)F)C1)[C@@H]1CCCN1C(=O)OCc1ccc([N+](=O)[O-])cc1. The summed E-state index contributed by atoms with van der Waals surface area (Å²) >= 11 is 0. The van der Waals surface area contributed by atoms with Gasteiger partial charge in [0.25, 0.3) is 5.69 Å². The predicted octanol–water partition coefficient (Wildman–Crippen LogP) is 1.52. The minimum Gasteiger partial charge on any atom is -0.445 e. The van der Waals surface area contributed by atoms with E-state index < -0.39 is 41.2 Å². The van der Waals surface area contributed by atoms with Crippen molar-refractivity contribution in [2.75, 3.05) is 19.6 Å². The molecule has 174 valence electrons. The zero-order valence-electron chi connectivity index (χ0n) is 16.5. The number of rotatable bonds is 6. The lowest BCUT2D eigenvalue weighted by atomic mass is 10.1. The molecule has 2 heterocycles. The van der Waals surface area contributed by atoms with Gasteiger partial charge in [-0.3, -0.25) is 19.8 Å². The van der Waals surface area contributed by atoms with Crippen LogP contribution in [0.2, 0.25) is 0 Å². The van der Waals surface area contributed by atoms with E-state index in [1.807, 2.05) is 0 Å².